The highest BCUT2D eigenvalue weighted by molar-refractivity contribution is 6.30. The van der Waals surface area contributed by atoms with Gasteiger partial charge in [0.1, 0.15) is 23.6 Å². The van der Waals surface area contributed by atoms with Gasteiger partial charge in [-0.25, -0.2) is 9.97 Å². The summed E-state index contributed by atoms with van der Waals surface area (Å²) < 4.78 is 5.12. The summed E-state index contributed by atoms with van der Waals surface area (Å²) in [6.07, 6.45) is 1.37. The van der Waals surface area contributed by atoms with E-state index in [0.29, 0.717) is 29.6 Å². The van der Waals surface area contributed by atoms with Crippen LogP contribution in [-0.2, 0) is 13.1 Å². The number of aromatic nitrogens is 2. The molecule has 3 aromatic rings. The smallest absolute Gasteiger partial charge is 0.270 e. The first kappa shape index (κ1) is 18.7. The largest absolute Gasteiger partial charge is 0.497 e. The Morgan fingerprint density at radius 3 is 2.37 bits per heavy atom. The number of carbonyl (C=O) groups is 1. The van der Waals surface area contributed by atoms with Gasteiger partial charge in [-0.15, -0.1) is 0 Å². The molecule has 6 nitrogen and oxygen atoms in total. The summed E-state index contributed by atoms with van der Waals surface area (Å²) in [5, 5.41) is 6.71. The topological polar surface area (TPSA) is 76.1 Å². The van der Waals surface area contributed by atoms with Crippen LogP contribution in [0.4, 0.5) is 5.82 Å². The van der Waals surface area contributed by atoms with E-state index in [1.165, 1.54) is 6.33 Å². The quantitative estimate of drug-likeness (QED) is 0.651. The number of ether oxygens (including phenoxy) is 1. The number of rotatable bonds is 7. The van der Waals surface area contributed by atoms with E-state index in [1.807, 2.05) is 48.5 Å². The summed E-state index contributed by atoms with van der Waals surface area (Å²) in [4.78, 5) is 20.5. The predicted octanol–water partition coefficient (Wildman–Crippen LogP) is 3.68. The van der Waals surface area contributed by atoms with Crippen molar-refractivity contribution in [2.45, 2.75) is 13.1 Å². The van der Waals surface area contributed by atoms with Crippen molar-refractivity contribution in [2.24, 2.45) is 0 Å². The van der Waals surface area contributed by atoms with Crippen LogP contribution < -0.4 is 15.4 Å². The van der Waals surface area contributed by atoms with Gasteiger partial charge in [-0.2, -0.15) is 0 Å². The molecule has 1 aromatic heterocycles. The maximum absolute atomic E-state index is 12.3. The molecule has 0 spiro atoms. The molecule has 0 aliphatic rings. The van der Waals surface area contributed by atoms with Crippen LogP contribution in [0.15, 0.2) is 60.9 Å². The van der Waals surface area contributed by atoms with Crippen molar-refractivity contribution in [1.29, 1.82) is 0 Å². The van der Waals surface area contributed by atoms with Crippen molar-refractivity contribution in [2.75, 3.05) is 12.4 Å². The maximum atomic E-state index is 12.3. The minimum absolute atomic E-state index is 0.261. The van der Waals surface area contributed by atoms with E-state index < -0.39 is 0 Å². The van der Waals surface area contributed by atoms with Gasteiger partial charge in [-0.1, -0.05) is 35.9 Å². The molecule has 0 saturated heterocycles. The van der Waals surface area contributed by atoms with Crippen molar-refractivity contribution in [3.05, 3.63) is 82.8 Å². The first-order valence-corrected chi connectivity index (χ1v) is 8.73. The molecule has 0 aliphatic heterocycles. The number of hydrogen-bond donors (Lipinski definition) is 2. The van der Waals surface area contributed by atoms with Gasteiger partial charge in [0.05, 0.1) is 7.11 Å². The van der Waals surface area contributed by atoms with Crippen LogP contribution >= 0.6 is 11.6 Å². The maximum Gasteiger partial charge on any atom is 0.270 e. The van der Waals surface area contributed by atoms with E-state index in [2.05, 4.69) is 20.6 Å². The van der Waals surface area contributed by atoms with E-state index in [-0.39, 0.29) is 5.91 Å². The first-order chi connectivity index (χ1) is 13.1. The Hall–Kier alpha value is -3.12. The third kappa shape index (κ3) is 5.43. The summed E-state index contributed by atoms with van der Waals surface area (Å²) in [5.41, 5.74) is 2.33. The van der Waals surface area contributed by atoms with Gasteiger partial charge in [-0.05, 0) is 35.4 Å². The van der Waals surface area contributed by atoms with Gasteiger partial charge in [0.2, 0.25) is 0 Å². The van der Waals surface area contributed by atoms with Crippen LogP contribution in [-0.4, -0.2) is 23.0 Å². The minimum atomic E-state index is -0.261. The third-order valence-electron chi connectivity index (χ3n) is 3.90. The fourth-order valence-electron chi connectivity index (χ4n) is 2.39. The Labute approximate surface area is 162 Å². The van der Waals surface area contributed by atoms with Gasteiger partial charge in [0, 0.05) is 24.2 Å². The van der Waals surface area contributed by atoms with Crippen LogP contribution in [0, 0.1) is 0 Å². The number of benzene rings is 2. The molecular formula is C20H19ClN4O2. The molecule has 0 atom stereocenters. The number of hydrogen-bond acceptors (Lipinski definition) is 5. The number of carbonyl (C=O) groups excluding carboxylic acids is 1. The number of nitrogens with one attached hydrogen (secondary N) is 2. The zero-order valence-electron chi connectivity index (χ0n) is 14.8. The Balaban J connectivity index is 1.56. The zero-order valence-corrected chi connectivity index (χ0v) is 15.5. The lowest BCUT2D eigenvalue weighted by atomic mass is 10.2. The second kappa shape index (κ2) is 9.00. The molecule has 0 bridgehead atoms. The van der Waals surface area contributed by atoms with E-state index in [4.69, 9.17) is 16.3 Å². The molecule has 0 unspecified atom stereocenters. The highest BCUT2D eigenvalue weighted by Crippen LogP contribution is 2.13. The molecule has 2 N–H and O–H groups in total. The number of methoxy groups -OCH3 is 1. The zero-order chi connectivity index (χ0) is 19.1. The van der Waals surface area contributed by atoms with Gasteiger partial charge in [-0.3, -0.25) is 4.79 Å². The van der Waals surface area contributed by atoms with E-state index in [1.54, 1.807) is 13.2 Å². The van der Waals surface area contributed by atoms with Gasteiger partial charge in [0.25, 0.3) is 5.91 Å². The summed E-state index contributed by atoms with van der Waals surface area (Å²) >= 11 is 5.88. The Morgan fingerprint density at radius 1 is 1.00 bits per heavy atom. The van der Waals surface area contributed by atoms with Crippen LogP contribution in [0.1, 0.15) is 21.6 Å². The monoisotopic (exact) mass is 382 g/mol. The fourth-order valence-corrected chi connectivity index (χ4v) is 2.52. The highest BCUT2D eigenvalue weighted by Gasteiger charge is 2.09. The SMILES string of the molecule is COc1ccc(CNC(=O)c2cc(NCc3ccc(Cl)cc3)ncn2)cc1. The van der Waals surface area contributed by atoms with Crippen molar-refractivity contribution >= 4 is 23.3 Å². The molecule has 138 valence electrons. The normalized spacial score (nSPS) is 10.3. The van der Waals surface area contributed by atoms with Crippen molar-refractivity contribution in [3.63, 3.8) is 0 Å². The van der Waals surface area contributed by atoms with E-state index in [9.17, 15) is 4.79 Å². The lowest BCUT2D eigenvalue weighted by molar-refractivity contribution is 0.0946. The number of anilines is 1. The highest BCUT2D eigenvalue weighted by atomic mass is 35.5. The number of halogens is 1. The molecule has 3 rings (SSSR count). The molecule has 27 heavy (non-hydrogen) atoms. The summed E-state index contributed by atoms with van der Waals surface area (Å²) in [6, 6.07) is 16.6. The average Bonchev–Trinajstić information content (AvgIpc) is 2.72. The second-order valence-corrected chi connectivity index (χ2v) is 6.24. The van der Waals surface area contributed by atoms with E-state index >= 15 is 0 Å². The molecule has 7 heteroatoms. The molecular weight excluding hydrogens is 364 g/mol. The molecule has 1 heterocycles. The summed E-state index contributed by atoms with van der Waals surface area (Å²) in [7, 11) is 1.62. The molecule has 2 aromatic carbocycles. The molecule has 0 aliphatic carbocycles. The van der Waals surface area contributed by atoms with Gasteiger partial charge in [0.15, 0.2) is 0 Å². The first-order valence-electron chi connectivity index (χ1n) is 8.35. The van der Waals surface area contributed by atoms with Crippen molar-refractivity contribution in [1.82, 2.24) is 15.3 Å². The Morgan fingerprint density at radius 2 is 1.67 bits per heavy atom. The lowest BCUT2D eigenvalue weighted by Gasteiger charge is -2.08. The molecule has 1 amide bonds. The average molecular weight is 383 g/mol. The third-order valence-corrected chi connectivity index (χ3v) is 4.15. The lowest BCUT2D eigenvalue weighted by Crippen LogP contribution is -2.24. The minimum Gasteiger partial charge on any atom is -0.497 e. The molecule has 0 saturated carbocycles. The number of amides is 1. The number of nitrogens with zero attached hydrogens (tertiary/aromatic N) is 2. The predicted molar refractivity (Wildman–Crippen MR) is 105 cm³/mol. The summed E-state index contributed by atoms with van der Waals surface area (Å²) in [5.74, 6) is 1.09. The van der Waals surface area contributed by atoms with Gasteiger partial charge >= 0.3 is 0 Å². The molecule has 0 fully saturated rings. The van der Waals surface area contributed by atoms with Gasteiger partial charge < -0.3 is 15.4 Å². The van der Waals surface area contributed by atoms with E-state index in [0.717, 1.165) is 16.9 Å². The van der Waals surface area contributed by atoms with Crippen LogP contribution in [0.25, 0.3) is 0 Å². The summed E-state index contributed by atoms with van der Waals surface area (Å²) in [6.45, 7) is 0.974. The van der Waals surface area contributed by atoms with Crippen LogP contribution in [0.5, 0.6) is 5.75 Å². The Kier molecular flexibility index (Phi) is 6.22. The fraction of sp³-hybridized carbons (Fsp3) is 0.150. The van der Waals surface area contributed by atoms with Crippen LogP contribution in [0.3, 0.4) is 0 Å². The van der Waals surface area contributed by atoms with Crippen molar-refractivity contribution in [3.8, 4) is 5.75 Å². The second-order valence-electron chi connectivity index (χ2n) is 5.80. The van der Waals surface area contributed by atoms with Crippen LogP contribution in [0.2, 0.25) is 5.02 Å². The molecule has 0 radical (unpaired) electrons. The Bertz CT molecular complexity index is 899. The van der Waals surface area contributed by atoms with Crippen molar-refractivity contribution < 1.29 is 9.53 Å². The standard InChI is InChI=1S/C20H19ClN4O2/c1-27-17-8-4-15(5-9-17)12-23-20(26)18-10-19(25-13-24-18)22-11-14-2-6-16(21)7-3-14/h2-10,13H,11-12H2,1H3,(H,23,26)(H,22,24,25).